The van der Waals surface area contributed by atoms with Gasteiger partial charge in [-0.1, -0.05) is 32.0 Å². The second-order valence-corrected chi connectivity index (χ2v) is 4.77. The van der Waals surface area contributed by atoms with Crippen molar-refractivity contribution in [2.24, 2.45) is 5.92 Å². The molecule has 0 aliphatic rings. The number of aryl methyl sites for hydroxylation is 1. The summed E-state index contributed by atoms with van der Waals surface area (Å²) in [5.74, 6) is 0.605. The minimum Gasteiger partial charge on any atom is -0.398 e. The minimum absolute atomic E-state index is 0.605. The zero-order chi connectivity index (χ0) is 11.7. The van der Waals surface area contributed by atoms with Gasteiger partial charge in [-0.2, -0.15) is 0 Å². The quantitative estimate of drug-likeness (QED) is 0.832. The van der Waals surface area contributed by atoms with E-state index in [1.165, 1.54) is 5.56 Å². The molecular formula is C14H18N2. The summed E-state index contributed by atoms with van der Waals surface area (Å²) in [5.41, 5.74) is 10.2. The molecule has 1 aromatic carbocycles. The van der Waals surface area contributed by atoms with E-state index in [1.54, 1.807) is 0 Å². The van der Waals surface area contributed by atoms with Gasteiger partial charge in [-0.05, 0) is 30.9 Å². The Labute approximate surface area is 96.5 Å². The van der Waals surface area contributed by atoms with E-state index in [2.05, 4.69) is 26.8 Å². The van der Waals surface area contributed by atoms with Gasteiger partial charge in [-0.25, -0.2) is 0 Å². The lowest BCUT2D eigenvalue weighted by molar-refractivity contribution is 0.637. The summed E-state index contributed by atoms with van der Waals surface area (Å²) in [7, 11) is 0. The van der Waals surface area contributed by atoms with Crippen LogP contribution in [0.2, 0.25) is 0 Å². The summed E-state index contributed by atoms with van der Waals surface area (Å²) in [6, 6.07) is 8.14. The first-order valence-corrected chi connectivity index (χ1v) is 5.72. The first kappa shape index (κ1) is 10.9. The number of nitrogen functional groups attached to an aromatic ring is 1. The number of aromatic nitrogens is 1. The summed E-state index contributed by atoms with van der Waals surface area (Å²) >= 11 is 0. The number of pyridine rings is 1. The average Bonchev–Trinajstić information content (AvgIpc) is 2.19. The van der Waals surface area contributed by atoms with Gasteiger partial charge in [0.25, 0.3) is 0 Å². The van der Waals surface area contributed by atoms with Gasteiger partial charge < -0.3 is 5.73 Å². The first-order chi connectivity index (χ1) is 7.58. The van der Waals surface area contributed by atoms with Crippen molar-refractivity contribution in [3.63, 3.8) is 0 Å². The lowest BCUT2D eigenvalue weighted by Crippen LogP contribution is -2.00. The highest BCUT2D eigenvalue weighted by molar-refractivity contribution is 5.92. The molecule has 2 N–H and O–H groups in total. The van der Waals surface area contributed by atoms with Crippen LogP contribution < -0.4 is 5.73 Å². The van der Waals surface area contributed by atoms with Crippen LogP contribution in [0.15, 0.2) is 24.3 Å². The van der Waals surface area contributed by atoms with Crippen molar-refractivity contribution < 1.29 is 0 Å². The number of nitrogens with two attached hydrogens (primary N) is 1. The standard InChI is InChI=1S/C14H18N2/c1-9(2)7-11-8-13(15)12-6-4-5-10(3)14(12)16-11/h4-6,8-9H,7H2,1-3H3,(H2,15,16). The van der Waals surface area contributed by atoms with E-state index >= 15 is 0 Å². The summed E-state index contributed by atoms with van der Waals surface area (Å²) < 4.78 is 0. The van der Waals surface area contributed by atoms with Crippen LogP contribution in [0.1, 0.15) is 25.1 Å². The van der Waals surface area contributed by atoms with Crippen LogP contribution in [0, 0.1) is 12.8 Å². The van der Waals surface area contributed by atoms with Crippen LogP contribution in [0.3, 0.4) is 0 Å². The maximum atomic E-state index is 6.06. The lowest BCUT2D eigenvalue weighted by atomic mass is 10.0. The van der Waals surface area contributed by atoms with E-state index in [9.17, 15) is 0 Å². The molecule has 2 aromatic rings. The van der Waals surface area contributed by atoms with Crippen molar-refractivity contribution in [2.45, 2.75) is 27.2 Å². The molecule has 0 saturated carbocycles. The Morgan fingerprint density at radius 2 is 2.06 bits per heavy atom. The largest absolute Gasteiger partial charge is 0.398 e. The Hall–Kier alpha value is -1.57. The third-order valence-electron chi connectivity index (χ3n) is 2.74. The van der Waals surface area contributed by atoms with Crippen molar-refractivity contribution in [1.82, 2.24) is 4.98 Å². The number of nitrogens with zero attached hydrogens (tertiary/aromatic N) is 1. The topological polar surface area (TPSA) is 38.9 Å². The first-order valence-electron chi connectivity index (χ1n) is 5.72. The van der Waals surface area contributed by atoms with E-state index in [0.29, 0.717) is 5.92 Å². The van der Waals surface area contributed by atoms with Gasteiger partial charge in [0.15, 0.2) is 0 Å². The highest BCUT2D eigenvalue weighted by atomic mass is 14.7. The van der Waals surface area contributed by atoms with Crippen molar-refractivity contribution in [3.8, 4) is 0 Å². The third-order valence-corrected chi connectivity index (χ3v) is 2.74. The fraction of sp³-hybridized carbons (Fsp3) is 0.357. The highest BCUT2D eigenvalue weighted by Crippen LogP contribution is 2.23. The maximum Gasteiger partial charge on any atom is 0.0755 e. The summed E-state index contributed by atoms with van der Waals surface area (Å²) in [4.78, 5) is 4.70. The highest BCUT2D eigenvalue weighted by Gasteiger charge is 2.06. The van der Waals surface area contributed by atoms with Crippen molar-refractivity contribution in [3.05, 3.63) is 35.5 Å². The second-order valence-electron chi connectivity index (χ2n) is 4.77. The summed E-state index contributed by atoms with van der Waals surface area (Å²) in [5, 5.41) is 1.06. The molecule has 84 valence electrons. The van der Waals surface area contributed by atoms with Crippen LogP contribution >= 0.6 is 0 Å². The molecule has 0 atom stereocenters. The van der Waals surface area contributed by atoms with E-state index in [0.717, 1.165) is 28.7 Å². The number of anilines is 1. The molecule has 0 unspecified atom stereocenters. The molecule has 0 spiro atoms. The minimum atomic E-state index is 0.605. The second kappa shape index (κ2) is 4.12. The number of rotatable bonds is 2. The van der Waals surface area contributed by atoms with Crippen LogP contribution in [0.5, 0.6) is 0 Å². The number of para-hydroxylation sites is 1. The normalized spacial score (nSPS) is 11.2. The zero-order valence-corrected chi connectivity index (χ0v) is 10.1. The van der Waals surface area contributed by atoms with Gasteiger partial charge in [-0.15, -0.1) is 0 Å². The SMILES string of the molecule is Cc1cccc2c(N)cc(CC(C)C)nc12. The molecule has 0 aliphatic carbocycles. The lowest BCUT2D eigenvalue weighted by Gasteiger charge is -2.09. The van der Waals surface area contributed by atoms with E-state index in [-0.39, 0.29) is 0 Å². The van der Waals surface area contributed by atoms with Gasteiger partial charge in [0.05, 0.1) is 5.52 Å². The van der Waals surface area contributed by atoms with E-state index in [1.807, 2.05) is 18.2 Å². The molecule has 0 bridgehead atoms. The number of hydrogen-bond acceptors (Lipinski definition) is 2. The average molecular weight is 214 g/mol. The van der Waals surface area contributed by atoms with Gasteiger partial charge >= 0.3 is 0 Å². The van der Waals surface area contributed by atoms with Crippen LogP contribution in [0.25, 0.3) is 10.9 Å². The molecule has 0 aliphatic heterocycles. The van der Waals surface area contributed by atoms with Crippen molar-refractivity contribution >= 4 is 16.6 Å². The fourth-order valence-electron chi connectivity index (χ4n) is 2.00. The Kier molecular flexibility index (Phi) is 2.82. The van der Waals surface area contributed by atoms with Gasteiger partial charge in [-0.3, -0.25) is 4.98 Å². The Balaban J connectivity index is 2.61. The predicted octanol–water partition coefficient (Wildman–Crippen LogP) is 3.32. The Morgan fingerprint density at radius 1 is 1.31 bits per heavy atom. The smallest absolute Gasteiger partial charge is 0.0755 e. The molecular weight excluding hydrogens is 196 g/mol. The van der Waals surface area contributed by atoms with Crippen molar-refractivity contribution in [2.75, 3.05) is 5.73 Å². The summed E-state index contributed by atoms with van der Waals surface area (Å²) in [6.07, 6.45) is 0.981. The molecule has 0 saturated heterocycles. The monoisotopic (exact) mass is 214 g/mol. The molecule has 2 rings (SSSR count). The zero-order valence-electron chi connectivity index (χ0n) is 10.1. The van der Waals surface area contributed by atoms with Crippen molar-refractivity contribution in [1.29, 1.82) is 0 Å². The van der Waals surface area contributed by atoms with Crippen LogP contribution in [-0.2, 0) is 6.42 Å². The third kappa shape index (κ3) is 2.01. The van der Waals surface area contributed by atoms with Gasteiger partial charge in [0.1, 0.15) is 0 Å². The fourth-order valence-corrected chi connectivity index (χ4v) is 2.00. The van der Waals surface area contributed by atoms with Crippen LogP contribution in [-0.4, -0.2) is 4.98 Å². The predicted molar refractivity (Wildman–Crippen MR) is 69.4 cm³/mol. The molecule has 0 radical (unpaired) electrons. The Morgan fingerprint density at radius 3 is 2.75 bits per heavy atom. The molecule has 0 amide bonds. The molecule has 1 heterocycles. The molecule has 16 heavy (non-hydrogen) atoms. The number of benzene rings is 1. The van der Waals surface area contributed by atoms with Gasteiger partial charge in [0.2, 0.25) is 0 Å². The van der Waals surface area contributed by atoms with E-state index < -0.39 is 0 Å². The number of hydrogen-bond donors (Lipinski definition) is 1. The summed E-state index contributed by atoms with van der Waals surface area (Å²) in [6.45, 7) is 6.47. The van der Waals surface area contributed by atoms with Gasteiger partial charge in [0, 0.05) is 16.8 Å². The van der Waals surface area contributed by atoms with E-state index in [4.69, 9.17) is 10.7 Å². The maximum absolute atomic E-state index is 6.06. The number of fused-ring (bicyclic) bond motifs is 1. The molecule has 0 fully saturated rings. The Bertz CT molecular complexity index is 515. The molecule has 1 aromatic heterocycles. The van der Waals surface area contributed by atoms with Crippen LogP contribution in [0.4, 0.5) is 5.69 Å². The molecule has 2 heteroatoms. The molecule has 2 nitrogen and oxygen atoms in total.